The molecule has 1 heterocycles. The molecule has 1 amide bonds. The van der Waals surface area contributed by atoms with Crippen molar-refractivity contribution in [2.24, 2.45) is 0 Å². The van der Waals surface area contributed by atoms with Crippen LogP contribution < -0.4 is 24.8 Å². The zero-order valence-corrected chi connectivity index (χ0v) is 20.6. The smallest absolute Gasteiger partial charge is 0.260 e. The first-order chi connectivity index (χ1) is 16.4. The van der Waals surface area contributed by atoms with Crippen molar-refractivity contribution in [2.45, 2.75) is 19.0 Å². The summed E-state index contributed by atoms with van der Waals surface area (Å²) >= 11 is 7.48. The largest absolute Gasteiger partial charge is 0.495 e. The molecule has 3 aromatic rings. The molecule has 6 nitrogen and oxygen atoms in total. The van der Waals surface area contributed by atoms with Crippen molar-refractivity contribution in [3.8, 4) is 17.2 Å². The molecule has 34 heavy (non-hydrogen) atoms. The van der Waals surface area contributed by atoms with Crippen LogP contribution >= 0.6 is 23.4 Å². The van der Waals surface area contributed by atoms with Crippen LogP contribution in [0.25, 0.3) is 6.08 Å². The second kappa shape index (κ2) is 10.8. The molecule has 176 valence electrons. The Bertz CT molecular complexity index is 1230. The molecule has 1 atom stereocenters. The number of amides is 1. The highest BCUT2D eigenvalue weighted by molar-refractivity contribution is 8.05. The third kappa shape index (κ3) is 5.79. The normalized spacial score (nSPS) is 16.3. The molecule has 1 aliphatic rings. The zero-order chi connectivity index (χ0) is 24.1. The van der Waals surface area contributed by atoms with E-state index in [4.69, 9.17) is 25.8 Å². The second-order valence-electron chi connectivity index (χ2n) is 7.66. The van der Waals surface area contributed by atoms with Gasteiger partial charge in [0.05, 0.1) is 24.8 Å². The molecule has 4 rings (SSSR count). The number of halogens is 1. The van der Waals surface area contributed by atoms with Crippen LogP contribution in [0, 0.1) is 6.92 Å². The summed E-state index contributed by atoms with van der Waals surface area (Å²) in [6, 6.07) is 19.1. The summed E-state index contributed by atoms with van der Waals surface area (Å²) in [5.74, 6) is 1.72. The number of methoxy groups -OCH3 is 2. The molecule has 1 saturated heterocycles. The van der Waals surface area contributed by atoms with Crippen molar-refractivity contribution in [1.82, 2.24) is 5.32 Å². The van der Waals surface area contributed by atoms with Crippen LogP contribution in [0.5, 0.6) is 17.2 Å². The van der Waals surface area contributed by atoms with Crippen molar-refractivity contribution in [3.05, 3.63) is 87.3 Å². The lowest BCUT2D eigenvalue weighted by Gasteiger charge is -2.15. The van der Waals surface area contributed by atoms with Gasteiger partial charge in [0, 0.05) is 5.02 Å². The standard InChI is InChI=1S/C26H25ClN2O4S/c1-16-5-4-6-18(11-16)15-33-22-9-7-17(12-23(22)32-3)13-24-25(30)29-26(34-24)28-20-14-19(27)8-10-21(20)31-2/h4-14,26,28H,15H2,1-3H3,(H,29,30)/b24-13-. The van der Waals surface area contributed by atoms with Crippen molar-refractivity contribution in [2.75, 3.05) is 19.5 Å². The van der Waals surface area contributed by atoms with Crippen LogP contribution in [0.1, 0.15) is 16.7 Å². The van der Waals surface area contributed by atoms with Gasteiger partial charge in [-0.15, -0.1) is 0 Å². The molecule has 0 aliphatic carbocycles. The van der Waals surface area contributed by atoms with Crippen molar-refractivity contribution in [3.63, 3.8) is 0 Å². The van der Waals surface area contributed by atoms with E-state index < -0.39 is 0 Å². The number of hydrogen-bond donors (Lipinski definition) is 2. The Hall–Kier alpha value is -3.29. The number of aryl methyl sites for hydroxylation is 1. The van der Waals surface area contributed by atoms with Crippen LogP contribution in [0.3, 0.4) is 0 Å². The predicted molar refractivity (Wildman–Crippen MR) is 138 cm³/mol. The number of nitrogens with one attached hydrogen (secondary N) is 2. The van der Waals surface area contributed by atoms with Gasteiger partial charge in [0.2, 0.25) is 0 Å². The van der Waals surface area contributed by atoms with Gasteiger partial charge in [-0.05, 0) is 54.5 Å². The summed E-state index contributed by atoms with van der Waals surface area (Å²) in [4.78, 5) is 13.1. The highest BCUT2D eigenvalue weighted by Crippen LogP contribution is 2.35. The van der Waals surface area contributed by atoms with E-state index in [0.29, 0.717) is 39.5 Å². The molecule has 1 unspecified atom stereocenters. The Morgan fingerprint density at radius 3 is 2.59 bits per heavy atom. The number of hydrogen-bond acceptors (Lipinski definition) is 6. The average molecular weight is 497 g/mol. The Morgan fingerprint density at radius 2 is 1.82 bits per heavy atom. The zero-order valence-electron chi connectivity index (χ0n) is 19.1. The molecule has 0 radical (unpaired) electrons. The highest BCUT2D eigenvalue weighted by Gasteiger charge is 2.28. The molecular weight excluding hydrogens is 472 g/mol. The van der Waals surface area contributed by atoms with Crippen LogP contribution in [0.2, 0.25) is 5.02 Å². The second-order valence-corrected chi connectivity index (χ2v) is 9.24. The first kappa shape index (κ1) is 23.9. The van der Waals surface area contributed by atoms with E-state index in [-0.39, 0.29) is 11.4 Å². The summed E-state index contributed by atoms with van der Waals surface area (Å²) < 4.78 is 16.9. The van der Waals surface area contributed by atoms with E-state index in [0.717, 1.165) is 11.1 Å². The third-order valence-electron chi connectivity index (χ3n) is 5.14. The third-order valence-corrected chi connectivity index (χ3v) is 6.40. The van der Waals surface area contributed by atoms with E-state index in [9.17, 15) is 4.79 Å². The molecule has 8 heteroatoms. The van der Waals surface area contributed by atoms with Gasteiger partial charge in [0.25, 0.3) is 5.91 Å². The number of rotatable bonds is 8. The van der Waals surface area contributed by atoms with Gasteiger partial charge in [0.15, 0.2) is 17.0 Å². The number of carbonyl (C=O) groups is 1. The van der Waals surface area contributed by atoms with E-state index in [2.05, 4.69) is 29.7 Å². The van der Waals surface area contributed by atoms with Gasteiger partial charge in [-0.2, -0.15) is 0 Å². The molecule has 1 aliphatic heterocycles. The minimum Gasteiger partial charge on any atom is -0.495 e. The molecule has 0 bridgehead atoms. The number of anilines is 1. The van der Waals surface area contributed by atoms with Gasteiger partial charge < -0.3 is 24.8 Å². The van der Waals surface area contributed by atoms with Gasteiger partial charge in [-0.25, -0.2) is 0 Å². The van der Waals surface area contributed by atoms with Crippen molar-refractivity contribution in [1.29, 1.82) is 0 Å². The number of benzene rings is 3. The molecule has 0 spiro atoms. The first-order valence-electron chi connectivity index (χ1n) is 10.6. The average Bonchev–Trinajstić information content (AvgIpc) is 3.16. The van der Waals surface area contributed by atoms with E-state index in [1.165, 1.54) is 17.3 Å². The summed E-state index contributed by atoms with van der Waals surface area (Å²) in [6.07, 6.45) is 1.82. The summed E-state index contributed by atoms with van der Waals surface area (Å²) in [5.41, 5.74) is 3.44. The lowest BCUT2D eigenvalue weighted by molar-refractivity contribution is -0.116. The fraction of sp³-hybridized carbons (Fsp3) is 0.192. The van der Waals surface area contributed by atoms with Gasteiger partial charge in [-0.3, -0.25) is 4.79 Å². The minimum atomic E-state index is -0.357. The maximum atomic E-state index is 12.6. The van der Waals surface area contributed by atoms with Gasteiger partial charge >= 0.3 is 0 Å². The topological polar surface area (TPSA) is 68.8 Å². The lowest BCUT2D eigenvalue weighted by Crippen LogP contribution is -2.31. The fourth-order valence-electron chi connectivity index (χ4n) is 3.51. The van der Waals surface area contributed by atoms with Gasteiger partial charge in [0.1, 0.15) is 12.4 Å². The Balaban J connectivity index is 1.46. The maximum Gasteiger partial charge on any atom is 0.260 e. The van der Waals surface area contributed by atoms with Crippen LogP contribution in [0.4, 0.5) is 5.69 Å². The Morgan fingerprint density at radius 1 is 1.03 bits per heavy atom. The van der Waals surface area contributed by atoms with Gasteiger partial charge in [-0.1, -0.05) is 59.3 Å². The number of thioether (sulfide) groups is 1. The van der Waals surface area contributed by atoms with E-state index >= 15 is 0 Å². The molecular formula is C26H25ClN2O4S. The predicted octanol–water partition coefficient (Wildman–Crippen LogP) is 5.84. The van der Waals surface area contributed by atoms with E-state index in [1.807, 2.05) is 36.4 Å². The number of ether oxygens (including phenoxy) is 3. The van der Waals surface area contributed by atoms with Crippen LogP contribution in [0.15, 0.2) is 65.6 Å². The molecule has 0 aromatic heterocycles. The molecule has 3 aromatic carbocycles. The minimum absolute atomic E-state index is 0.165. The fourth-order valence-corrected chi connectivity index (χ4v) is 4.66. The maximum absolute atomic E-state index is 12.6. The molecule has 2 N–H and O–H groups in total. The van der Waals surface area contributed by atoms with Crippen LogP contribution in [-0.2, 0) is 11.4 Å². The molecule has 1 fully saturated rings. The monoisotopic (exact) mass is 496 g/mol. The van der Waals surface area contributed by atoms with Crippen molar-refractivity contribution < 1.29 is 19.0 Å². The van der Waals surface area contributed by atoms with Crippen molar-refractivity contribution >= 4 is 41.0 Å². The quantitative estimate of drug-likeness (QED) is 0.381. The summed E-state index contributed by atoms with van der Waals surface area (Å²) in [5, 5.41) is 6.74. The Labute approximate surface area is 208 Å². The first-order valence-corrected chi connectivity index (χ1v) is 11.9. The number of carbonyl (C=O) groups excluding carboxylic acids is 1. The summed E-state index contributed by atoms with van der Waals surface area (Å²) in [6.45, 7) is 2.49. The lowest BCUT2D eigenvalue weighted by atomic mass is 10.1. The summed E-state index contributed by atoms with van der Waals surface area (Å²) in [7, 11) is 3.18. The van der Waals surface area contributed by atoms with E-state index in [1.54, 1.807) is 32.4 Å². The SMILES string of the molecule is COc1ccc(Cl)cc1NC1NC(=O)/C(=C/c2ccc(OCc3cccc(C)c3)c(OC)c2)S1. The highest BCUT2D eigenvalue weighted by atomic mass is 35.5. The van der Waals surface area contributed by atoms with Crippen LogP contribution in [-0.4, -0.2) is 25.6 Å². The molecule has 0 saturated carbocycles. The Kier molecular flexibility index (Phi) is 7.55.